The number of thioether (sulfide) groups is 1. The zero-order chi connectivity index (χ0) is 18.7. The number of carbonyl (C=O) groups is 1. The molecule has 1 fully saturated rings. The van der Waals surface area contributed by atoms with Gasteiger partial charge in [0.2, 0.25) is 0 Å². The molecule has 0 unspecified atom stereocenters. The molecule has 0 spiro atoms. The van der Waals surface area contributed by atoms with Crippen molar-refractivity contribution in [3.63, 3.8) is 0 Å². The van der Waals surface area contributed by atoms with Crippen LogP contribution in [0, 0.1) is 0 Å². The molecule has 1 N–H and O–H groups in total. The number of benzene rings is 2. The van der Waals surface area contributed by atoms with Gasteiger partial charge in [0.15, 0.2) is 4.32 Å². The van der Waals surface area contributed by atoms with Crippen LogP contribution in [-0.2, 0) is 14.8 Å². The van der Waals surface area contributed by atoms with E-state index in [0.717, 1.165) is 16.8 Å². The second-order valence-corrected chi connectivity index (χ2v) is 8.50. The van der Waals surface area contributed by atoms with Crippen LogP contribution in [0.5, 0.6) is 5.75 Å². The molecule has 0 radical (unpaired) electrons. The Kier molecular flexibility index (Phi) is 5.42. The van der Waals surface area contributed by atoms with Crippen molar-refractivity contribution in [2.24, 2.45) is 0 Å². The fourth-order valence-corrected chi connectivity index (χ4v) is 4.57. The summed E-state index contributed by atoms with van der Waals surface area (Å²) in [4.78, 5) is 15.2. The number of amides is 1. The van der Waals surface area contributed by atoms with E-state index in [1.54, 1.807) is 36.4 Å². The third-order valence-electron chi connectivity index (χ3n) is 3.48. The minimum absolute atomic E-state index is 0.0442. The first kappa shape index (κ1) is 18.6. The fourth-order valence-electron chi connectivity index (χ4n) is 2.25. The number of thiocarbonyl (C=S) groups is 1. The van der Waals surface area contributed by atoms with Crippen molar-refractivity contribution in [2.75, 3.05) is 7.11 Å². The Morgan fingerprint density at radius 1 is 1.12 bits per heavy atom. The monoisotopic (exact) mass is 406 g/mol. The van der Waals surface area contributed by atoms with Crippen molar-refractivity contribution in [3.8, 4) is 5.75 Å². The van der Waals surface area contributed by atoms with E-state index in [1.165, 1.54) is 19.2 Å². The first-order valence-electron chi connectivity index (χ1n) is 7.41. The van der Waals surface area contributed by atoms with Gasteiger partial charge in [0.25, 0.3) is 15.9 Å². The molecule has 26 heavy (non-hydrogen) atoms. The average Bonchev–Trinajstić information content (AvgIpc) is 2.90. The Labute approximate surface area is 160 Å². The molecule has 0 saturated carbocycles. The number of hydrogen-bond acceptors (Lipinski definition) is 6. The number of nitrogens with one attached hydrogen (secondary N) is 1. The number of hydrogen-bond donors (Lipinski definition) is 1. The molecule has 0 bridgehead atoms. The van der Waals surface area contributed by atoms with Crippen LogP contribution in [-0.4, -0.2) is 30.8 Å². The maximum absolute atomic E-state index is 12.6. The normalized spacial score (nSPS) is 16.3. The molecule has 2 aromatic carbocycles. The molecule has 2 aromatic rings. The second kappa shape index (κ2) is 7.58. The van der Waals surface area contributed by atoms with Crippen molar-refractivity contribution >= 4 is 50.3 Å². The van der Waals surface area contributed by atoms with E-state index in [2.05, 4.69) is 4.83 Å². The molecule has 1 amide bonds. The first-order chi connectivity index (χ1) is 12.4. The van der Waals surface area contributed by atoms with E-state index in [1.807, 2.05) is 12.1 Å². The summed E-state index contributed by atoms with van der Waals surface area (Å²) in [5.74, 6) is 0.0630. The molecule has 1 aliphatic rings. The van der Waals surface area contributed by atoms with Gasteiger partial charge in [-0.25, -0.2) is 13.4 Å². The lowest BCUT2D eigenvalue weighted by Gasteiger charge is -2.15. The molecule has 1 heterocycles. The molecule has 0 atom stereocenters. The predicted molar refractivity (Wildman–Crippen MR) is 105 cm³/mol. The maximum Gasteiger partial charge on any atom is 0.281 e. The van der Waals surface area contributed by atoms with Crippen molar-refractivity contribution in [1.29, 1.82) is 0 Å². The zero-order valence-electron chi connectivity index (χ0n) is 13.6. The summed E-state index contributed by atoms with van der Waals surface area (Å²) < 4.78 is 30.2. The summed E-state index contributed by atoms with van der Waals surface area (Å²) in [6.45, 7) is 0. The van der Waals surface area contributed by atoms with Gasteiger partial charge in [-0.3, -0.25) is 4.79 Å². The molecule has 134 valence electrons. The van der Waals surface area contributed by atoms with Gasteiger partial charge in [-0.05, 0) is 24.3 Å². The third-order valence-corrected chi connectivity index (χ3v) is 6.10. The van der Waals surface area contributed by atoms with E-state index < -0.39 is 15.9 Å². The van der Waals surface area contributed by atoms with Crippen LogP contribution in [0.2, 0.25) is 0 Å². The summed E-state index contributed by atoms with van der Waals surface area (Å²) >= 11 is 6.18. The van der Waals surface area contributed by atoms with Crippen LogP contribution in [0.3, 0.4) is 0 Å². The van der Waals surface area contributed by atoms with Crippen LogP contribution >= 0.6 is 24.0 Å². The number of para-hydroxylation sites is 1. The van der Waals surface area contributed by atoms with Crippen molar-refractivity contribution < 1.29 is 17.9 Å². The summed E-state index contributed by atoms with van der Waals surface area (Å²) in [5.41, 5.74) is 0.696. The van der Waals surface area contributed by atoms with Gasteiger partial charge in [0.05, 0.1) is 16.9 Å². The minimum Gasteiger partial charge on any atom is -0.496 e. The average molecular weight is 407 g/mol. The number of nitrogens with zero attached hydrogens (tertiary/aromatic N) is 1. The van der Waals surface area contributed by atoms with Crippen LogP contribution in [0.15, 0.2) is 64.4 Å². The highest BCUT2D eigenvalue weighted by atomic mass is 32.2. The molecule has 6 nitrogen and oxygen atoms in total. The van der Waals surface area contributed by atoms with Gasteiger partial charge in [-0.15, -0.1) is 4.83 Å². The first-order valence-corrected chi connectivity index (χ1v) is 10.1. The van der Waals surface area contributed by atoms with Crippen LogP contribution in [0.25, 0.3) is 6.08 Å². The molecular weight excluding hydrogens is 392 g/mol. The standard InChI is InChI=1S/C17H14N2O4S3/c1-23-14-10-6-5-7-12(14)11-15-16(20)19(17(24)25-15)18-26(21,22)13-8-3-2-4-9-13/h2-11,18H,1H3/b15-11+. The SMILES string of the molecule is COc1ccccc1/C=C1/SC(=S)N(NS(=O)(=O)c2ccccc2)C1=O. The summed E-state index contributed by atoms with van der Waals surface area (Å²) in [5, 5.41) is 0.865. The van der Waals surface area contributed by atoms with Gasteiger partial charge < -0.3 is 4.74 Å². The zero-order valence-corrected chi connectivity index (χ0v) is 16.0. The van der Waals surface area contributed by atoms with Crippen molar-refractivity contribution in [1.82, 2.24) is 9.84 Å². The quantitative estimate of drug-likeness (QED) is 0.608. The van der Waals surface area contributed by atoms with E-state index in [4.69, 9.17) is 17.0 Å². The number of sulfonamides is 1. The molecule has 9 heteroatoms. The van der Waals surface area contributed by atoms with Gasteiger partial charge in [-0.2, -0.15) is 0 Å². The van der Waals surface area contributed by atoms with Crippen molar-refractivity contribution in [2.45, 2.75) is 4.90 Å². The largest absolute Gasteiger partial charge is 0.496 e. The Bertz CT molecular complexity index is 988. The molecule has 0 aromatic heterocycles. The van der Waals surface area contributed by atoms with Gasteiger partial charge >= 0.3 is 0 Å². The molecular formula is C17H14N2O4S3. The smallest absolute Gasteiger partial charge is 0.281 e. The van der Waals surface area contributed by atoms with Crippen LogP contribution in [0.4, 0.5) is 0 Å². The van der Waals surface area contributed by atoms with E-state index in [-0.39, 0.29) is 9.22 Å². The lowest BCUT2D eigenvalue weighted by atomic mass is 10.2. The van der Waals surface area contributed by atoms with Crippen LogP contribution in [0.1, 0.15) is 5.56 Å². The molecule has 1 saturated heterocycles. The number of rotatable bonds is 5. The molecule has 3 rings (SSSR count). The highest BCUT2D eigenvalue weighted by Crippen LogP contribution is 2.33. The van der Waals surface area contributed by atoms with E-state index in [0.29, 0.717) is 16.2 Å². The van der Waals surface area contributed by atoms with Crippen LogP contribution < -0.4 is 9.57 Å². The summed E-state index contributed by atoms with van der Waals surface area (Å²) in [6.07, 6.45) is 1.62. The van der Waals surface area contributed by atoms with Gasteiger partial charge in [0.1, 0.15) is 5.75 Å². The Morgan fingerprint density at radius 3 is 2.46 bits per heavy atom. The van der Waals surface area contributed by atoms with Gasteiger partial charge in [-0.1, -0.05) is 60.4 Å². The Hall–Kier alpha value is -2.20. The predicted octanol–water partition coefficient (Wildman–Crippen LogP) is 2.79. The molecule has 1 aliphatic heterocycles. The highest BCUT2D eigenvalue weighted by molar-refractivity contribution is 8.26. The second-order valence-electron chi connectivity index (χ2n) is 5.17. The number of ether oxygens (including phenoxy) is 1. The topological polar surface area (TPSA) is 75.7 Å². The number of carbonyl (C=O) groups excluding carboxylic acids is 1. The summed E-state index contributed by atoms with van der Waals surface area (Å²) in [6, 6.07) is 15.0. The van der Waals surface area contributed by atoms with Crippen molar-refractivity contribution in [3.05, 3.63) is 65.1 Å². The molecule has 0 aliphatic carbocycles. The Morgan fingerprint density at radius 2 is 1.77 bits per heavy atom. The Balaban J connectivity index is 1.87. The lowest BCUT2D eigenvalue weighted by molar-refractivity contribution is -0.123. The fraction of sp³-hybridized carbons (Fsp3) is 0.0588. The lowest BCUT2D eigenvalue weighted by Crippen LogP contribution is -2.44. The number of hydrazine groups is 1. The summed E-state index contributed by atoms with van der Waals surface area (Å²) in [7, 11) is -2.38. The number of methoxy groups -OCH3 is 1. The third kappa shape index (κ3) is 3.80. The van der Waals surface area contributed by atoms with E-state index in [9.17, 15) is 13.2 Å². The highest BCUT2D eigenvalue weighted by Gasteiger charge is 2.35. The maximum atomic E-state index is 12.6. The minimum atomic E-state index is -3.92. The van der Waals surface area contributed by atoms with E-state index >= 15 is 0 Å². The van der Waals surface area contributed by atoms with Gasteiger partial charge in [0, 0.05) is 5.56 Å².